The van der Waals surface area contributed by atoms with Crippen LogP contribution in [0.2, 0.25) is 0 Å². The Morgan fingerprint density at radius 2 is 2.38 bits per heavy atom. The Labute approximate surface area is 59.2 Å². The number of nitrogens with zero attached hydrogens (tertiary/aromatic N) is 1. The van der Waals surface area contributed by atoms with Gasteiger partial charge in [0.05, 0.1) is 0 Å². The lowest BCUT2D eigenvalue weighted by Gasteiger charge is -1.98. The molecule has 0 aromatic carbocycles. The van der Waals surface area contributed by atoms with Crippen molar-refractivity contribution in [2.75, 3.05) is 5.75 Å². The molecule has 4 heteroatoms. The fraction of sp³-hybridized carbons (Fsp3) is 0.500. The van der Waals surface area contributed by atoms with E-state index in [1.165, 1.54) is 0 Å². The lowest BCUT2D eigenvalue weighted by molar-refractivity contribution is -0.111. The van der Waals surface area contributed by atoms with Gasteiger partial charge in [0.15, 0.2) is 0 Å². The van der Waals surface area contributed by atoms with Crippen molar-refractivity contribution in [3.05, 3.63) is 0 Å². The fourth-order valence-electron chi connectivity index (χ4n) is 0.214. The summed E-state index contributed by atoms with van der Waals surface area (Å²) in [6, 6.07) is -0.443. The molecule has 0 saturated carbocycles. The zero-order valence-electron chi connectivity index (χ0n) is 4.24. The average molecular weight is 149 g/mol. The minimum absolute atomic E-state index is 0.282. The highest BCUT2D eigenvalue weighted by molar-refractivity contribution is 7.96. The lowest BCUT2D eigenvalue weighted by Crippen LogP contribution is -2.13. The third-order valence-corrected chi connectivity index (χ3v) is 1.32. The Hall–Kier alpha value is 0.0400. The molecule has 46 valence electrons. The first kappa shape index (κ1) is 8.04. The van der Waals surface area contributed by atoms with Crippen LogP contribution >= 0.6 is 25.3 Å². The van der Waals surface area contributed by atoms with E-state index in [2.05, 4.69) is 37.0 Å². The molecule has 0 bridgehead atoms. The number of carbonyl (C=O) groups excluding carboxylic acids is 1. The highest BCUT2D eigenvalue weighted by Crippen LogP contribution is 1.96. The molecule has 0 fully saturated rings. The van der Waals surface area contributed by atoms with Gasteiger partial charge in [0, 0.05) is 5.75 Å². The topological polar surface area (TPSA) is 29.4 Å². The molecule has 0 radical (unpaired) electrons. The van der Waals surface area contributed by atoms with E-state index in [1.54, 1.807) is 0 Å². The minimum atomic E-state index is -0.443. The van der Waals surface area contributed by atoms with E-state index >= 15 is 0 Å². The van der Waals surface area contributed by atoms with Gasteiger partial charge < -0.3 is 0 Å². The van der Waals surface area contributed by atoms with Gasteiger partial charge in [-0.2, -0.15) is 12.6 Å². The van der Waals surface area contributed by atoms with Gasteiger partial charge in [-0.25, -0.2) is 0 Å². The van der Waals surface area contributed by atoms with Crippen LogP contribution in [0.3, 0.4) is 0 Å². The van der Waals surface area contributed by atoms with Crippen molar-refractivity contribution >= 4 is 37.1 Å². The van der Waals surface area contributed by atoms with E-state index in [0.717, 1.165) is 0 Å². The molecule has 0 aliphatic rings. The van der Waals surface area contributed by atoms with Crippen molar-refractivity contribution in [1.29, 1.82) is 0 Å². The van der Waals surface area contributed by atoms with Crippen molar-refractivity contribution in [3.8, 4) is 0 Å². The highest BCUT2D eigenvalue weighted by Gasteiger charge is 2.07. The molecule has 0 aliphatic carbocycles. The Bertz CT molecular complexity index is 104. The van der Waals surface area contributed by atoms with Crippen molar-refractivity contribution in [2.45, 2.75) is 6.04 Å². The number of rotatable bonds is 3. The second kappa shape index (κ2) is 3.97. The summed E-state index contributed by atoms with van der Waals surface area (Å²) in [4.78, 5) is 13.7. The number of hydrogen-bond acceptors (Lipinski definition) is 3. The molecule has 0 rings (SSSR count). The summed E-state index contributed by atoms with van der Waals surface area (Å²) in [7, 11) is 0. The first-order valence-electron chi connectivity index (χ1n) is 2.02. The van der Waals surface area contributed by atoms with E-state index < -0.39 is 6.04 Å². The van der Waals surface area contributed by atoms with Crippen LogP contribution in [0.25, 0.3) is 0 Å². The van der Waals surface area contributed by atoms with E-state index in [9.17, 15) is 4.79 Å². The molecule has 0 amide bonds. The Morgan fingerprint density at radius 1 is 1.88 bits per heavy atom. The summed E-state index contributed by atoms with van der Waals surface area (Å²) in [6.45, 7) is 3.18. The van der Waals surface area contributed by atoms with Gasteiger partial charge in [0.25, 0.3) is 0 Å². The zero-order chi connectivity index (χ0) is 6.57. The van der Waals surface area contributed by atoms with Crippen LogP contribution in [0.5, 0.6) is 0 Å². The second-order valence-electron chi connectivity index (χ2n) is 1.22. The zero-order valence-corrected chi connectivity index (χ0v) is 6.03. The van der Waals surface area contributed by atoms with Crippen LogP contribution in [0.15, 0.2) is 4.99 Å². The molecule has 8 heavy (non-hydrogen) atoms. The summed E-state index contributed by atoms with van der Waals surface area (Å²) in [5, 5.41) is -0.282. The number of thiol groups is 2. The highest BCUT2D eigenvalue weighted by atomic mass is 32.1. The number of aliphatic imine (C=N–C) groups is 1. The van der Waals surface area contributed by atoms with Crippen LogP contribution in [-0.4, -0.2) is 23.6 Å². The van der Waals surface area contributed by atoms with Gasteiger partial charge in [-0.05, 0) is 6.72 Å². The first-order chi connectivity index (χ1) is 3.72. The first-order valence-corrected chi connectivity index (χ1v) is 3.09. The Kier molecular flexibility index (Phi) is 3.99. The Morgan fingerprint density at radius 3 is 2.38 bits per heavy atom. The van der Waals surface area contributed by atoms with Gasteiger partial charge in [0.2, 0.25) is 5.12 Å². The molecule has 0 aromatic heterocycles. The normalized spacial score (nSPS) is 12.8. The third kappa shape index (κ3) is 2.37. The van der Waals surface area contributed by atoms with Gasteiger partial charge in [-0.15, -0.1) is 12.6 Å². The van der Waals surface area contributed by atoms with Crippen LogP contribution in [-0.2, 0) is 4.79 Å². The molecule has 0 aliphatic heterocycles. The van der Waals surface area contributed by atoms with Crippen LogP contribution < -0.4 is 0 Å². The fourth-order valence-corrected chi connectivity index (χ4v) is 0.812. The number of hydrogen-bond donors (Lipinski definition) is 2. The van der Waals surface area contributed by atoms with E-state index in [1.807, 2.05) is 0 Å². The van der Waals surface area contributed by atoms with Gasteiger partial charge in [-0.1, -0.05) is 0 Å². The summed E-state index contributed by atoms with van der Waals surface area (Å²) in [5.41, 5.74) is 0. The molecule has 1 atom stereocenters. The molecular formula is C4H7NOS2. The summed E-state index contributed by atoms with van der Waals surface area (Å²) in [6.07, 6.45) is 0. The lowest BCUT2D eigenvalue weighted by atomic mass is 10.4. The summed E-state index contributed by atoms with van der Waals surface area (Å²) < 4.78 is 0. The third-order valence-electron chi connectivity index (χ3n) is 0.678. The molecule has 2 nitrogen and oxygen atoms in total. The predicted molar refractivity (Wildman–Crippen MR) is 41.2 cm³/mol. The summed E-state index contributed by atoms with van der Waals surface area (Å²) >= 11 is 7.36. The molecule has 0 heterocycles. The van der Waals surface area contributed by atoms with Crippen LogP contribution in [0, 0.1) is 0 Å². The van der Waals surface area contributed by atoms with E-state index in [0.29, 0.717) is 5.75 Å². The molecule has 0 aromatic rings. The second-order valence-corrected chi connectivity index (χ2v) is 2.03. The number of carbonyl (C=O) groups is 1. The van der Waals surface area contributed by atoms with Crippen molar-refractivity contribution in [2.24, 2.45) is 4.99 Å². The van der Waals surface area contributed by atoms with Crippen LogP contribution in [0.1, 0.15) is 0 Å². The maximum absolute atomic E-state index is 10.3. The molecule has 0 N–H and O–H groups in total. The maximum Gasteiger partial charge on any atom is 0.211 e. The monoisotopic (exact) mass is 149 g/mol. The molecule has 0 spiro atoms. The van der Waals surface area contributed by atoms with Gasteiger partial charge >= 0.3 is 0 Å². The molecule has 0 saturated heterocycles. The standard InChI is InChI=1S/C4H7NOS2/c1-5-3(2-7)4(6)8/h3,7H,1-2H2,(H,6,8). The SMILES string of the molecule is C=NC(CS)C(=O)S. The predicted octanol–water partition coefficient (Wildman–Crippen LogP) is 0.442. The van der Waals surface area contributed by atoms with E-state index in [-0.39, 0.29) is 5.12 Å². The van der Waals surface area contributed by atoms with Crippen molar-refractivity contribution in [3.63, 3.8) is 0 Å². The maximum atomic E-state index is 10.3. The van der Waals surface area contributed by atoms with Crippen molar-refractivity contribution in [1.82, 2.24) is 0 Å². The molecule has 1 unspecified atom stereocenters. The smallest absolute Gasteiger partial charge is 0.211 e. The minimum Gasteiger partial charge on any atom is -0.288 e. The van der Waals surface area contributed by atoms with Crippen LogP contribution in [0.4, 0.5) is 0 Å². The van der Waals surface area contributed by atoms with Gasteiger partial charge in [0.1, 0.15) is 6.04 Å². The largest absolute Gasteiger partial charge is 0.288 e. The van der Waals surface area contributed by atoms with Gasteiger partial charge in [-0.3, -0.25) is 9.79 Å². The average Bonchev–Trinajstić information content (AvgIpc) is 1.69. The van der Waals surface area contributed by atoms with Crippen molar-refractivity contribution < 1.29 is 4.79 Å². The quantitative estimate of drug-likeness (QED) is 0.442. The summed E-state index contributed by atoms with van der Waals surface area (Å²) in [5.74, 6) is 0.381. The Balaban J connectivity index is 3.69. The molecular weight excluding hydrogens is 142 g/mol. The van der Waals surface area contributed by atoms with E-state index in [4.69, 9.17) is 0 Å².